The number of sulfone groups is 1. The highest BCUT2D eigenvalue weighted by Crippen LogP contribution is 2.25. The summed E-state index contributed by atoms with van der Waals surface area (Å²) < 4.78 is 28.9. The Balaban J connectivity index is 0.00000364. The molecule has 0 unspecified atom stereocenters. The Bertz CT molecular complexity index is 891. The number of carbonyl (C=O) groups is 1. The Labute approximate surface area is 166 Å². The van der Waals surface area contributed by atoms with E-state index in [9.17, 15) is 13.2 Å². The van der Waals surface area contributed by atoms with Crippen molar-refractivity contribution in [2.75, 3.05) is 11.6 Å². The topological polar surface area (TPSA) is 98.5 Å². The van der Waals surface area contributed by atoms with Crippen LogP contribution in [0.2, 0.25) is 0 Å². The zero-order valence-electron chi connectivity index (χ0n) is 15.7. The first kappa shape index (κ1) is 23.0. The molecule has 0 fully saturated rings. The number of benzene rings is 2. The second-order valence-electron chi connectivity index (χ2n) is 7.21. The summed E-state index contributed by atoms with van der Waals surface area (Å²) in [6.07, 6.45) is 1.14. The maximum atomic E-state index is 12.1. The van der Waals surface area contributed by atoms with Crippen molar-refractivity contribution in [3.05, 3.63) is 48.5 Å². The van der Waals surface area contributed by atoms with Gasteiger partial charge < -0.3 is 15.8 Å². The van der Waals surface area contributed by atoms with Crippen LogP contribution in [0, 0.1) is 5.41 Å². The van der Waals surface area contributed by atoms with Gasteiger partial charge >= 0.3 is 0 Å². The van der Waals surface area contributed by atoms with Crippen molar-refractivity contribution >= 4 is 33.8 Å². The van der Waals surface area contributed by atoms with Gasteiger partial charge in [0.25, 0.3) is 0 Å². The second-order valence-corrected chi connectivity index (χ2v) is 9.22. The SMILES string of the molecule is CC(C)(C)[C@H](N)C(=O)Nc1ccc(Oc2cccc(S(C)(=O)=O)c2)cc1.Cl. The molecule has 1 atom stereocenters. The molecule has 148 valence electrons. The van der Waals surface area contributed by atoms with Crippen molar-refractivity contribution in [1.82, 2.24) is 0 Å². The van der Waals surface area contributed by atoms with E-state index in [4.69, 9.17) is 10.5 Å². The summed E-state index contributed by atoms with van der Waals surface area (Å²) in [5.74, 6) is 0.681. The first-order valence-electron chi connectivity index (χ1n) is 8.11. The Hall–Kier alpha value is -2.09. The minimum Gasteiger partial charge on any atom is -0.457 e. The number of anilines is 1. The van der Waals surface area contributed by atoms with Gasteiger partial charge in [-0.05, 0) is 47.9 Å². The van der Waals surface area contributed by atoms with E-state index in [0.29, 0.717) is 17.2 Å². The van der Waals surface area contributed by atoms with E-state index in [0.717, 1.165) is 6.26 Å². The predicted octanol–water partition coefficient (Wildman–Crippen LogP) is 3.62. The largest absolute Gasteiger partial charge is 0.457 e. The number of rotatable bonds is 5. The first-order valence-corrected chi connectivity index (χ1v) is 10.0. The van der Waals surface area contributed by atoms with Crippen molar-refractivity contribution in [1.29, 1.82) is 0 Å². The summed E-state index contributed by atoms with van der Waals surface area (Å²) in [4.78, 5) is 12.3. The van der Waals surface area contributed by atoms with Gasteiger partial charge in [0.05, 0.1) is 10.9 Å². The van der Waals surface area contributed by atoms with E-state index in [2.05, 4.69) is 5.32 Å². The standard InChI is InChI=1S/C19H24N2O4S.ClH/c1-19(2,3)17(20)18(22)21-13-8-10-14(11-9-13)25-15-6-5-7-16(12-15)26(4,23)24;/h5-12,17H,20H2,1-4H3,(H,21,22);1H/t17-;/m1./s1. The van der Waals surface area contributed by atoms with Crippen molar-refractivity contribution < 1.29 is 17.9 Å². The van der Waals surface area contributed by atoms with Crippen molar-refractivity contribution in [2.24, 2.45) is 11.1 Å². The van der Waals surface area contributed by atoms with Crippen LogP contribution in [0.25, 0.3) is 0 Å². The third-order valence-electron chi connectivity index (χ3n) is 3.81. The highest BCUT2D eigenvalue weighted by molar-refractivity contribution is 7.90. The lowest BCUT2D eigenvalue weighted by atomic mass is 9.87. The van der Waals surface area contributed by atoms with Crippen molar-refractivity contribution in [2.45, 2.75) is 31.7 Å². The Morgan fingerprint density at radius 1 is 1.07 bits per heavy atom. The van der Waals surface area contributed by atoms with Crippen LogP contribution >= 0.6 is 12.4 Å². The van der Waals surface area contributed by atoms with E-state index in [1.165, 1.54) is 12.1 Å². The quantitative estimate of drug-likeness (QED) is 0.781. The third kappa shape index (κ3) is 6.53. The summed E-state index contributed by atoms with van der Waals surface area (Å²) in [5.41, 5.74) is 6.21. The smallest absolute Gasteiger partial charge is 0.241 e. The molecule has 0 aliphatic heterocycles. The van der Waals surface area contributed by atoms with E-state index < -0.39 is 15.9 Å². The Morgan fingerprint density at radius 2 is 1.67 bits per heavy atom. The number of amides is 1. The molecule has 0 saturated carbocycles. The van der Waals surface area contributed by atoms with Gasteiger partial charge in [-0.2, -0.15) is 0 Å². The maximum absolute atomic E-state index is 12.1. The molecule has 0 aliphatic rings. The Morgan fingerprint density at radius 3 is 2.19 bits per heavy atom. The maximum Gasteiger partial charge on any atom is 0.241 e. The summed E-state index contributed by atoms with van der Waals surface area (Å²) in [7, 11) is -3.30. The number of nitrogens with one attached hydrogen (secondary N) is 1. The highest BCUT2D eigenvalue weighted by Gasteiger charge is 2.27. The average molecular weight is 413 g/mol. The van der Waals surface area contributed by atoms with Gasteiger partial charge in [-0.15, -0.1) is 12.4 Å². The summed E-state index contributed by atoms with van der Waals surface area (Å²) in [6, 6.07) is 12.4. The van der Waals surface area contributed by atoms with Gasteiger partial charge in [0, 0.05) is 11.9 Å². The van der Waals surface area contributed by atoms with Gasteiger partial charge in [-0.25, -0.2) is 8.42 Å². The van der Waals surface area contributed by atoms with Gasteiger partial charge in [-0.3, -0.25) is 4.79 Å². The molecule has 27 heavy (non-hydrogen) atoms. The molecule has 0 saturated heterocycles. The minimum absolute atomic E-state index is 0. The normalized spacial score (nSPS) is 12.6. The summed E-state index contributed by atoms with van der Waals surface area (Å²) in [5, 5.41) is 2.77. The fourth-order valence-corrected chi connectivity index (χ4v) is 2.78. The fraction of sp³-hybridized carbons (Fsp3) is 0.316. The van der Waals surface area contributed by atoms with Crippen molar-refractivity contribution in [3.8, 4) is 11.5 Å². The van der Waals surface area contributed by atoms with Crippen LogP contribution in [-0.4, -0.2) is 26.6 Å². The molecule has 0 spiro atoms. The zero-order valence-corrected chi connectivity index (χ0v) is 17.4. The van der Waals surface area contributed by atoms with Crippen LogP contribution in [0.3, 0.4) is 0 Å². The predicted molar refractivity (Wildman–Crippen MR) is 109 cm³/mol. The number of ether oxygens (including phenoxy) is 1. The molecule has 2 rings (SSSR count). The molecule has 8 heteroatoms. The van der Waals surface area contributed by atoms with E-state index in [1.807, 2.05) is 20.8 Å². The average Bonchev–Trinajstić information content (AvgIpc) is 2.54. The molecule has 3 N–H and O–H groups in total. The van der Waals surface area contributed by atoms with Gasteiger partial charge in [-0.1, -0.05) is 26.8 Å². The van der Waals surface area contributed by atoms with Gasteiger partial charge in [0.1, 0.15) is 11.5 Å². The lowest BCUT2D eigenvalue weighted by Crippen LogP contribution is -2.45. The zero-order chi connectivity index (χ0) is 19.5. The molecule has 6 nitrogen and oxygen atoms in total. The number of nitrogens with two attached hydrogens (primary N) is 1. The summed E-state index contributed by atoms with van der Waals surface area (Å²) >= 11 is 0. The minimum atomic E-state index is -3.30. The highest BCUT2D eigenvalue weighted by atomic mass is 35.5. The van der Waals surface area contributed by atoms with Crippen LogP contribution in [0.4, 0.5) is 5.69 Å². The molecule has 0 aliphatic carbocycles. The number of halogens is 1. The monoisotopic (exact) mass is 412 g/mol. The Kier molecular flexibility index (Phi) is 7.42. The molecule has 1 amide bonds. The molecule has 2 aromatic carbocycles. The van der Waals surface area contributed by atoms with Gasteiger partial charge in [0.15, 0.2) is 9.84 Å². The van der Waals surface area contributed by atoms with Crippen LogP contribution in [0.5, 0.6) is 11.5 Å². The molecule has 2 aromatic rings. The van der Waals surface area contributed by atoms with E-state index >= 15 is 0 Å². The molecule has 0 heterocycles. The van der Waals surface area contributed by atoms with Crippen LogP contribution in [-0.2, 0) is 14.6 Å². The number of carbonyl (C=O) groups excluding carboxylic acids is 1. The molecule has 0 radical (unpaired) electrons. The lowest BCUT2D eigenvalue weighted by Gasteiger charge is -2.25. The fourth-order valence-electron chi connectivity index (χ4n) is 2.12. The van der Waals surface area contributed by atoms with Crippen LogP contribution in [0.15, 0.2) is 53.4 Å². The van der Waals surface area contributed by atoms with E-state index in [1.54, 1.807) is 36.4 Å². The summed E-state index contributed by atoms with van der Waals surface area (Å²) in [6.45, 7) is 5.70. The van der Waals surface area contributed by atoms with Crippen LogP contribution < -0.4 is 15.8 Å². The molecular weight excluding hydrogens is 388 g/mol. The number of hydrogen-bond acceptors (Lipinski definition) is 5. The lowest BCUT2D eigenvalue weighted by molar-refractivity contribution is -0.119. The first-order chi connectivity index (χ1) is 12.0. The van der Waals surface area contributed by atoms with E-state index in [-0.39, 0.29) is 28.6 Å². The molecular formula is C19H25ClN2O4S. The molecule has 0 aromatic heterocycles. The number of hydrogen-bond donors (Lipinski definition) is 2. The second kappa shape index (κ2) is 8.73. The van der Waals surface area contributed by atoms with Crippen LogP contribution in [0.1, 0.15) is 20.8 Å². The van der Waals surface area contributed by atoms with Gasteiger partial charge in [0.2, 0.25) is 5.91 Å². The van der Waals surface area contributed by atoms with Crippen molar-refractivity contribution in [3.63, 3.8) is 0 Å². The third-order valence-corrected chi connectivity index (χ3v) is 4.92. The molecule has 0 bridgehead atoms.